The first kappa shape index (κ1) is 22.7. The molecule has 0 N–H and O–H groups in total. The summed E-state index contributed by atoms with van der Waals surface area (Å²) in [5, 5.41) is 1.18. The van der Waals surface area contributed by atoms with Gasteiger partial charge in [-0.2, -0.15) is 4.31 Å². The molecule has 0 aliphatic carbocycles. The van der Waals surface area contributed by atoms with Gasteiger partial charge in [-0.25, -0.2) is 18.2 Å². The van der Waals surface area contributed by atoms with Crippen LogP contribution in [-0.4, -0.2) is 68.4 Å². The number of rotatable bonds is 5. The number of amides is 1. The van der Waals surface area contributed by atoms with Gasteiger partial charge in [0.15, 0.2) is 11.2 Å². The van der Waals surface area contributed by atoms with Crippen LogP contribution >= 0.6 is 0 Å². The van der Waals surface area contributed by atoms with Gasteiger partial charge in [0.2, 0.25) is 15.9 Å². The van der Waals surface area contributed by atoms with E-state index < -0.39 is 21.3 Å². The van der Waals surface area contributed by atoms with Crippen LogP contribution in [-0.2, 0) is 35.5 Å². The molecule has 33 heavy (non-hydrogen) atoms. The lowest BCUT2D eigenvalue weighted by atomic mass is 10.2. The SMILES string of the molecule is Cn1c(=O)c2c(ncn2CC(=O)N2CCN(S(=O)(=O)/C=C/c3ccccc3)CC2)n(C)c1=O. The number of aromatic nitrogens is 4. The second-order valence-corrected chi connectivity index (χ2v) is 9.61. The Kier molecular flexibility index (Phi) is 6.04. The van der Waals surface area contributed by atoms with Crippen LogP contribution in [0.25, 0.3) is 17.2 Å². The van der Waals surface area contributed by atoms with Crippen LogP contribution in [0.3, 0.4) is 0 Å². The molecule has 0 saturated carbocycles. The zero-order valence-electron chi connectivity index (χ0n) is 18.3. The molecule has 4 rings (SSSR count). The fourth-order valence-corrected chi connectivity index (χ4v) is 4.94. The van der Waals surface area contributed by atoms with Crippen LogP contribution in [0.1, 0.15) is 5.56 Å². The Labute approximate surface area is 189 Å². The number of carbonyl (C=O) groups excluding carboxylic acids is 1. The molecule has 3 aromatic rings. The van der Waals surface area contributed by atoms with Crippen molar-refractivity contribution in [3.8, 4) is 0 Å². The molecule has 1 aromatic carbocycles. The standard InChI is InChI=1S/C21H24N6O5S/c1-23-19-18(20(29)24(2)21(23)30)26(15-22-19)14-17(28)25-9-11-27(12-10-25)33(31,32)13-8-16-6-4-3-5-7-16/h3-8,13,15H,9-12,14H2,1-2H3/b13-8+. The summed E-state index contributed by atoms with van der Waals surface area (Å²) in [4.78, 5) is 43.1. The number of hydrogen-bond donors (Lipinski definition) is 0. The highest BCUT2D eigenvalue weighted by Crippen LogP contribution is 2.13. The van der Waals surface area contributed by atoms with Crippen LogP contribution < -0.4 is 11.2 Å². The molecule has 0 atom stereocenters. The van der Waals surface area contributed by atoms with Gasteiger partial charge in [0.1, 0.15) is 6.54 Å². The maximum atomic E-state index is 12.8. The lowest BCUT2D eigenvalue weighted by Gasteiger charge is -2.33. The molecular formula is C21H24N6O5S. The van der Waals surface area contributed by atoms with Crippen molar-refractivity contribution in [3.05, 3.63) is 68.5 Å². The summed E-state index contributed by atoms with van der Waals surface area (Å²) in [5.74, 6) is -0.262. The predicted molar refractivity (Wildman–Crippen MR) is 123 cm³/mol. The third-order valence-electron chi connectivity index (χ3n) is 5.71. The Bertz CT molecular complexity index is 1440. The zero-order valence-corrected chi connectivity index (χ0v) is 19.1. The summed E-state index contributed by atoms with van der Waals surface area (Å²) in [5.41, 5.74) is 0.130. The van der Waals surface area contributed by atoms with Crippen molar-refractivity contribution in [2.24, 2.45) is 14.1 Å². The van der Waals surface area contributed by atoms with Crippen LogP contribution in [0.2, 0.25) is 0 Å². The number of piperazine rings is 1. The average molecular weight is 473 g/mol. The van der Waals surface area contributed by atoms with E-state index in [1.54, 1.807) is 11.0 Å². The highest BCUT2D eigenvalue weighted by Gasteiger charge is 2.28. The topological polar surface area (TPSA) is 120 Å². The van der Waals surface area contributed by atoms with Crippen molar-refractivity contribution in [2.45, 2.75) is 6.54 Å². The first-order chi connectivity index (χ1) is 15.7. The van der Waals surface area contributed by atoms with Gasteiger partial charge in [-0.1, -0.05) is 30.3 Å². The number of hydrogen-bond acceptors (Lipinski definition) is 6. The van der Waals surface area contributed by atoms with Crippen LogP contribution in [0.5, 0.6) is 0 Å². The molecule has 12 heteroatoms. The zero-order chi connectivity index (χ0) is 23.8. The molecule has 0 unspecified atom stereocenters. The number of aryl methyl sites for hydroxylation is 1. The Morgan fingerprint density at radius 1 is 1.03 bits per heavy atom. The molecule has 1 amide bonds. The average Bonchev–Trinajstić information content (AvgIpc) is 3.24. The normalized spacial score (nSPS) is 15.5. The molecule has 0 spiro atoms. The Balaban J connectivity index is 1.44. The number of fused-ring (bicyclic) bond motifs is 1. The monoisotopic (exact) mass is 472 g/mol. The smallest absolute Gasteiger partial charge is 0.332 e. The van der Waals surface area contributed by atoms with Crippen LogP contribution in [0, 0.1) is 0 Å². The summed E-state index contributed by atoms with van der Waals surface area (Å²) in [6.45, 7) is 0.688. The summed E-state index contributed by atoms with van der Waals surface area (Å²) in [6, 6.07) is 9.14. The van der Waals surface area contributed by atoms with Crippen molar-refractivity contribution in [1.82, 2.24) is 27.9 Å². The van der Waals surface area contributed by atoms with Gasteiger partial charge in [-0.3, -0.25) is 18.7 Å². The molecule has 1 aliphatic rings. The molecule has 2 aromatic heterocycles. The highest BCUT2D eigenvalue weighted by atomic mass is 32.2. The summed E-state index contributed by atoms with van der Waals surface area (Å²) < 4.78 is 30.2. The summed E-state index contributed by atoms with van der Waals surface area (Å²) in [6.07, 6.45) is 2.91. The van der Waals surface area contributed by atoms with E-state index in [-0.39, 0.29) is 49.8 Å². The molecule has 174 valence electrons. The first-order valence-electron chi connectivity index (χ1n) is 10.3. The molecule has 1 fully saturated rings. The quantitative estimate of drug-likeness (QED) is 0.498. The van der Waals surface area contributed by atoms with Gasteiger partial charge in [0, 0.05) is 45.7 Å². The van der Waals surface area contributed by atoms with Crippen molar-refractivity contribution in [3.63, 3.8) is 0 Å². The van der Waals surface area contributed by atoms with Crippen molar-refractivity contribution in [1.29, 1.82) is 0 Å². The van der Waals surface area contributed by atoms with E-state index in [1.165, 1.54) is 39.3 Å². The lowest BCUT2D eigenvalue weighted by Crippen LogP contribution is -2.50. The molecule has 0 bridgehead atoms. The number of nitrogens with zero attached hydrogens (tertiary/aromatic N) is 6. The second-order valence-electron chi connectivity index (χ2n) is 7.79. The molecule has 1 saturated heterocycles. The third-order valence-corrected chi connectivity index (χ3v) is 7.27. The fourth-order valence-electron chi connectivity index (χ4n) is 3.77. The van der Waals surface area contributed by atoms with Gasteiger partial charge in [-0.15, -0.1) is 0 Å². The van der Waals surface area contributed by atoms with E-state index in [9.17, 15) is 22.8 Å². The van der Waals surface area contributed by atoms with E-state index >= 15 is 0 Å². The Morgan fingerprint density at radius 3 is 2.36 bits per heavy atom. The Morgan fingerprint density at radius 2 is 1.70 bits per heavy atom. The van der Waals surface area contributed by atoms with Gasteiger partial charge < -0.3 is 9.47 Å². The maximum Gasteiger partial charge on any atom is 0.332 e. The highest BCUT2D eigenvalue weighted by molar-refractivity contribution is 7.92. The van der Waals surface area contributed by atoms with Crippen molar-refractivity contribution in [2.75, 3.05) is 26.2 Å². The predicted octanol–water partition coefficient (Wildman–Crippen LogP) is -0.421. The van der Waals surface area contributed by atoms with Gasteiger partial charge in [-0.05, 0) is 11.6 Å². The van der Waals surface area contributed by atoms with E-state index in [0.29, 0.717) is 0 Å². The second kappa shape index (κ2) is 8.79. The van der Waals surface area contributed by atoms with Crippen LogP contribution in [0.15, 0.2) is 51.7 Å². The Hall–Kier alpha value is -3.51. The molecule has 3 heterocycles. The van der Waals surface area contributed by atoms with Gasteiger partial charge in [0.05, 0.1) is 6.33 Å². The molecule has 11 nitrogen and oxygen atoms in total. The van der Waals surface area contributed by atoms with Crippen LogP contribution in [0.4, 0.5) is 0 Å². The van der Waals surface area contributed by atoms with Gasteiger partial charge in [0.25, 0.3) is 5.56 Å². The summed E-state index contributed by atoms with van der Waals surface area (Å²) >= 11 is 0. The molecule has 0 radical (unpaired) electrons. The molecular weight excluding hydrogens is 448 g/mol. The minimum Gasteiger partial charge on any atom is -0.339 e. The number of carbonyl (C=O) groups is 1. The number of sulfonamides is 1. The largest absolute Gasteiger partial charge is 0.339 e. The fraction of sp³-hybridized carbons (Fsp3) is 0.333. The van der Waals surface area contributed by atoms with E-state index in [4.69, 9.17) is 0 Å². The first-order valence-corrected chi connectivity index (χ1v) is 11.8. The minimum atomic E-state index is -3.61. The summed E-state index contributed by atoms with van der Waals surface area (Å²) in [7, 11) is -0.726. The van der Waals surface area contributed by atoms with E-state index in [2.05, 4.69) is 4.98 Å². The molecule has 1 aliphatic heterocycles. The minimum absolute atomic E-state index is 0.134. The number of benzene rings is 1. The van der Waals surface area contributed by atoms with Crippen molar-refractivity contribution >= 4 is 33.2 Å². The number of imidazole rings is 1. The third kappa shape index (κ3) is 4.39. The van der Waals surface area contributed by atoms with Crippen molar-refractivity contribution < 1.29 is 13.2 Å². The maximum absolute atomic E-state index is 12.8. The van der Waals surface area contributed by atoms with E-state index in [1.807, 2.05) is 30.3 Å². The lowest BCUT2D eigenvalue weighted by molar-refractivity contribution is -0.132. The van der Waals surface area contributed by atoms with Gasteiger partial charge >= 0.3 is 5.69 Å². The van der Waals surface area contributed by atoms with E-state index in [0.717, 1.165) is 10.1 Å².